The molecule has 4 saturated carbocycles. The maximum atomic E-state index is 13.4. The van der Waals surface area contributed by atoms with Gasteiger partial charge in [-0.2, -0.15) is 17.5 Å². The molecule has 4 aliphatic carbocycles. The van der Waals surface area contributed by atoms with Gasteiger partial charge in [0.1, 0.15) is 0 Å². The molecule has 1 aromatic rings. The highest BCUT2D eigenvalue weighted by atomic mass is 32.2. The van der Waals surface area contributed by atoms with Crippen LogP contribution in [0.3, 0.4) is 0 Å². The quantitative estimate of drug-likeness (QED) is 0.547. The van der Waals surface area contributed by atoms with Crippen LogP contribution in [0.25, 0.3) is 0 Å². The molecule has 1 heterocycles. The van der Waals surface area contributed by atoms with Crippen LogP contribution in [0.1, 0.15) is 57.4 Å². The minimum atomic E-state index is -4.76. The summed E-state index contributed by atoms with van der Waals surface area (Å²) in [6, 6.07) is 4.01. The molecular weight excluding hydrogens is 493 g/mol. The van der Waals surface area contributed by atoms with Crippen LogP contribution in [0, 0.1) is 22.7 Å². The lowest BCUT2D eigenvalue weighted by atomic mass is 9.50. The number of carbonyl (C=O) groups excluding carboxylic acids is 1. The first-order valence-corrected chi connectivity index (χ1v) is 14.1. The number of hydrogen-bond acceptors (Lipinski definition) is 4. The van der Waals surface area contributed by atoms with E-state index in [0.29, 0.717) is 12.3 Å². The summed E-state index contributed by atoms with van der Waals surface area (Å²) in [4.78, 5) is 12.2. The monoisotopic (exact) mass is 526 g/mol. The lowest BCUT2D eigenvalue weighted by Gasteiger charge is -2.59. The van der Waals surface area contributed by atoms with Crippen molar-refractivity contribution < 1.29 is 26.4 Å². The molecule has 11 heteroatoms. The normalized spacial score (nSPS) is 41.2. The number of halogens is 3. The van der Waals surface area contributed by atoms with E-state index >= 15 is 0 Å². The Morgan fingerprint density at radius 1 is 1.17 bits per heavy atom. The zero-order chi connectivity index (χ0) is 25.8. The number of sulfonamides is 1. The Morgan fingerprint density at radius 2 is 1.92 bits per heavy atom. The van der Waals surface area contributed by atoms with Crippen molar-refractivity contribution in [2.24, 2.45) is 28.4 Å². The summed E-state index contributed by atoms with van der Waals surface area (Å²) in [6.07, 6.45) is 1.73. The van der Waals surface area contributed by atoms with Crippen LogP contribution >= 0.6 is 0 Å². The van der Waals surface area contributed by atoms with Gasteiger partial charge in [-0.1, -0.05) is 19.1 Å². The first-order valence-electron chi connectivity index (χ1n) is 12.7. The third-order valence-corrected chi connectivity index (χ3v) is 11.8. The molecular formula is C25H33F3N4O3S. The predicted octanol–water partition coefficient (Wildman–Crippen LogP) is 3.46. The van der Waals surface area contributed by atoms with E-state index in [4.69, 9.17) is 5.73 Å². The van der Waals surface area contributed by atoms with Crippen LogP contribution in [0.4, 0.5) is 18.0 Å². The molecule has 36 heavy (non-hydrogen) atoms. The standard InChI is InChI=1S/C25H33F3N4O3S/c1-21-12-22(29)8-17-9-24(14-21,23(17,13-21)15-22)31-20(33)30-10-16-6-7-32(11-16)36(34,35)19-5-3-2-4-18(19)25(26,27)28/h2-5,16-17H,6-15,29H2,1H3,(H2,30,31,33)/t16?,17-,21-,22?,23?,24?/m1/s1. The Labute approximate surface area is 209 Å². The van der Waals surface area contributed by atoms with Crippen LogP contribution in [0.2, 0.25) is 0 Å². The van der Waals surface area contributed by atoms with Gasteiger partial charge in [0.2, 0.25) is 10.0 Å². The van der Waals surface area contributed by atoms with E-state index in [-0.39, 0.29) is 53.5 Å². The van der Waals surface area contributed by atoms with Crippen molar-refractivity contribution in [3.63, 3.8) is 0 Å². The molecule has 6 atom stereocenters. The smallest absolute Gasteiger partial charge is 0.338 e. The fourth-order valence-corrected chi connectivity index (χ4v) is 10.8. The largest absolute Gasteiger partial charge is 0.417 e. The molecule has 1 aliphatic heterocycles. The Balaban J connectivity index is 1.08. The molecule has 1 spiro atoms. The highest BCUT2D eigenvalue weighted by molar-refractivity contribution is 7.89. The molecule has 198 valence electrons. The van der Waals surface area contributed by atoms with Crippen LogP contribution < -0.4 is 16.4 Å². The summed E-state index contributed by atoms with van der Waals surface area (Å²) in [5.74, 6) is 0.400. The van der Waals surface area contributed by atoms with Gasteiger partial charge < -0.3 is 16.4 Å². The number of amides is 2. The van der Waals surface area contributed by atoms with E-state index in [0.717, 1.165) is 55.0 Å². The van der Waals surface area contributed by atoms with Crippen molar-refractivity contribution in [3.05, 3.63) is 29.8 Å². The van der Waals surface area contributed by atoms with Gasteiger partial charge >= 0.3 is 12.2 Å². The minimum Gasteiger partial charge on any atom is -0.338 e. The summed E-state index contributed by atoms with van der Waals surface area (Å²) in [5, 5.41) is 6.23. The van der Waals surface area contributed by atoms with Crippen molar-refractivity contribution in [1.29, 1.82) is 0 Å². The van der Waals surface area contributed by atoms with Crippen LogP contribution in [-0.4, -0.2) is 49.5 Å². The van der Waals surface area contributed by atoms with Crippen molar-refractivity contribution in [2.75, 3.05) is 19.6 Å². The third-order valence-electron chi connectivity index (χ3n) is 9.86. The first kappa shape index (κ1) is 24.5. The molecule has 1 saturated heterocycles. The van der Waals surface area contributed by atoms with E-state index in [2.05, 4.69) is 17.6 Å². The molecule has 3 bridgehead atoms. The van der Waals surface area contributed by atoms with Gasteiger partial charge in [-0.15, -0.1) is 0 Å². The Bertz CT molecular complexity index is 1220. The fourth-order valence-electron chi connectivity index (χ4n) is 9.10. The predicted molar refractivity (Wildman–Crippen MR) is 126 cm³/mol. The molecule has 0 aromatic heterocycles. The van der Waals surface area contributed by atoms with Crippen molar-refractivity contribution in [3.8, 4) is 0 Å². The number of carbonyl (C=O) groups is 1. The Morgan fingerprint density at radius 3 is 2.67 bits per heavy atom. The Kier molecular flexibility index (Phi) is 5.02. The van der Waals surface area contributed by atoms with Gasteiger partial charge in [0.25, 0.3) is 0 Å². The second-order valence-corrected chi connectivity index (χ2v) is 14.5. The van der Waals surface area contributed by atoms with Crippen molar-refractivity contribution in [2.45, 2.75) is 74.0 Å². The molecule has 5 aliphatic rings. The van der Waals surface area contributed by atoms with Crippen LogP contribution in [-0.2, 0) is 16.2 Å². The van der Waals surface area contributed by atoms with Gasteiger partial charge in [0.15, 0.2) is 0 Å². The lowest BCUT2D eigenvalue weighted by Crippen LogP contribution is -2.68. The molecule has 5 fully saturated rings. The topological polar surface area (TPSA) is 105 Å². The van der Waals surface area contributed by atoms with E-state index in [1.807, 2.05) is 0 Å². The molecule has 2 amide bonds. The maximum Gasteiger partial charge on any atom is 0.417 e. The number of alkyl halides is 3. The SMILES string of the molecule is C[C@]12CC3(N)C[C@@H]4CC(NC(=O)NCC5CCN(S(=O)(=O)c6ccccc6C(F)(F)F)C5)(C1)C4(C3)C2. The lowest BCUT2D eigenvalue weighted by molar-refractivity contribution is -0.139. The Hall–Kier alpha value is -1.85. The summed E-state index contributed by atoms with van der Waals surface area (Å²) in [7, 11) is -4.30. The maximum absolute atomic E-state index is 13.4. The van der Waals surface area contributed by atoms with Gasteiger partial charge in [-0.05, 0) is 79.7 Å². The number of hydrogen-bond donors (Lipinski definition) is 3. The molecule has 7 nitrogen and oxygen atoms in total. The summed E-state index contributed by atoms with van der Waals surface area (Å²) >= 11 is 0. The molecule has 4 N–H and O–H groups in total. The van der Waals surface area contributed by atoms with Gasteiger partial charge in [0, 0.05) is 30.7 Å². The molecule has 0 radical (unpaired) electrons. The number of nitrogens with two attached hydrogens (primary N) is 1. The highest BCUT2D eigenvalue weighted by Gasteiger charge is 2.80. The summed E-state index contributed by atoms with van der Waals surface area (Å²) in [5.41, 5.74) is 5.48. The summed E-state index contributed by atoms with van der Waals surface area (Å²) in [6.45, 7) is 2.75. The molecule has 4 unspecified atom stereocenters. The average molecular weight is 527 g/mol. The average Bonchev–Trinajstić information content (AvgIpc) is 3.35. The van der Waals surface area contributed by atoms with Crippen molar-refractivity contribution in [1.82, 2.24) is 14.9 Å². The van der Waals surface area contributed by atoms with Crippen molar-refractivity contribution >= 4 is 16.1 Å². The highest BCUT2D eigenvalue weighted by Crippen LogP contribution is 2.80. The van der Waals surface area contributed by atoms with E-state index < -0.39 is 26.7 Å². The fraction of sp³-hybridized carbons (Fsp3) is 0.720. The first-order chi connectivity index (χ1) is 16.7. The van der Waals surface area contributed by atoms with E-state index in [1.165, 1.54) is 12.1 Å². The zero-order valence-electron chi connectivity index (χ0n) is 20.3. The second kappa shape index (κ2) is 7.38. The second-order valence-electron chi connectivity index (χ2n) is 12.6. The number of rotatable bonds is 5. The minimum absolute atomic E-state index is 0.0692. The number of nitrogens with one attached hydrogen (secondary N) is 2. The zero-order valence-corrected chi connectivity index (χ0v) is 21.1. The van der Waals surface area contributed by atoms with Gasteiger partial charge in [-0.25, -0.2) is 13.2 Å². The number of fused-ring (bicyclic) bond motifs is 2. The van der Waals surface area contributed by atoms with Crippen LogP contribution in [0.15, 0.2) is 29.2 Å². The number of benzene rings is 1. The van der Waals surface area contributed by atoms with E-state index in [1.54, 1.807) is 0 Å². The van der Waals surface area contributed by atoms with Crippen LogP contribution in [0.5, 0.6) is 0 Å². The third kappa shape index (κ3) is 3.45. The number of urea groups is 1. The summed E-state index contributed by atoms with van der Waals surface area (Å²) < 4.78 is 67.3. The molecule has 6 rings (SSSR count). The molecule has 1 aromatic carbocycles. The number of nitrogens with zero attached hydrogens (tertiary/aromatic N) is 1. The van der Waals surface area contributed by atoms with E-state index in [9.17, 15) is 26.4 Å². The van der Waals surface area contributed by atoms with Gasteiger partial charge in [-0.3, -0.25) is 0 Å². The van der Waals surface area contributed by atoms with Gasteiger partial charge in [0.05, 0.1) is 10.5 Å².